The van der Waals surface area contributed by atoms with Crippen LogP contribution in [-0.4, -0.2) is 43.0 Å². The van der Waals surface area contributed by atoms with Crippen molar-refractivity contribution in [2.75, 3.05) is 17.8 Å². The van der Waals surface area contributed by atoms with Gasteiger partial charge in [-0.05, 0) is 67.3 Å². The van der Waals surface area contributed by atoms with Crippen molar-refractivity contribution in [1.82, 2.24) is 4.90 Å². The highest BCUT2D eigenvalue weighted by molar-refractivity contribution is 7.92. The van der Waals surface area contributed by atoms with E-state index >= 15 is 0 Å². The number of aliphatic hydroxyl groups is 1. The van der Waals surface area contributed by atoms with Gasteiger partial charge in [-0.3, -0.25) is 9.52 Å². The number of amides is 1. The third kappa shape index (κ3) is 5.01. The fourth-order valence-corrected chi connectivity index (χ4v) is 5.08. The first-order valence-electron chi connectivity index (χ1n) is 9.98. The molecular weight excluding hydrogens is 436 g/mol. The summed E-state index contributed by atoms with van der Waals surface area (Å²) < 4.78 is 27.4. The lowest BCUT2D eigenvalue weighted by molar-refractivity contribution is -0.0915. The molecule has 1 aliphatic carbocycles. The van der Waals surface area contributed by atoms with Crippen molar-refractivity contribution in [2.24, 2.45) is 5.92 Å². The van der Waals surface area contributed by atoms with Crippen LogP contribution in [-0.2, 0) is 10.0 Å². The Morgan fingerprint density at radius 3 is 2.39 bits per heavy atom. The Bertz CT molecular complexity index is 1120. The van der Waals surface area contributed by atoms with E-state index in [4.69, 9.17) is 11.6 Å². The van der Waals surface area contributed by atoms with Crippen LogP contribution in [0.3, 0.4) is 0 Å². The molecule has 2 N–H and O–H groups in total. The van der Waals surface area contributed by atoms with Crippen molar-refractivity contribution in [2.45, 2.75) is 23.3 Å². The fraction of sp³-hybridized carbons (Fsp3) is 0.261. The monoisotopic (exact) mass is 458 g/mol. The van der Waals surface area contributed by atoms with Gasteiger partial charge in [-0.15, -0.1) is 0 Å². The number of carbonyl (C=O) groups excluding carboxylic acids is 1. The number of carbonyl (C=O) groups is 1. The maximum atomic E-state index is 12.7. The Hall–Kier alpha value is -2.61. The molecule has 2 aromatic rings. The summed E-state index contributed by atoms with van der Waals surface area (Å²) in [6.07, 6.45) is 9.69. The quantitative estimate of drug-likeness (QED) is 0.688. The molecule has 0 aromatic heterocycles. The number of hydrogen-bond donors (Lipinski definition) is 2. The van der Waals surface area contributed by atoms with E-state index in [9.17, 15) is 18.3 Å². The van der Waals surface area contributed by atoms with Gasteiger partial charge < -0.3 is 10.0 Å². The molecule has 0 spiro atoms. The Morgan fingerprint density at radius 2 is 1.77 bits per heavy atom. The summed E-state index contributed by atoms with van der Waals surface area (Å²) in [6.45, 7) is 0.593. The van der Waals surface area contributed by atoms with Crippen LogP contribution in [0, 0.1) is 5.92 Å². The zero-order valence-corrected chi connectivity index (χ0v) is 18.3. The van der Waals surface area contributed by atoms with E-state index in [-0.39, 0.29) is 10.8 Å². The van der Waals surface area contributed by atoms with Gasteiger partial charge in [-0.25, -0.2) is 8.42 Å². The number of nitrogens with zero attached hydrogens (tertiary/aromatic N) is 1. The highest BCUT2D eigenvalue weighted by Gasteiger charge is 2.44. The van der Waals surface area contributed by atoms with Gasteiger partial charge in [-0.1, -0.05) is 35.9 Å². The number of likely N-dealkylation sites (tertiary alicyclic amines) is 1. The largest absolute Gasteiger partial charge is 0.386 e. The summed E-state index contributed by atoms with van der Waals surface area (Å²) in [7, 11) is -3.75. The minimum atomic E-state index is -3.75. The maximum absolute atomic E-state index is 12.7. The number of β-amino-alcohol motifs (C(OH)–C–C–N with tert-alkyl or cyclic N) is 1. The summed E-state index contributed by atoms with van der Waals surface area (Å²) in [6, 6.07) is 12.1. The topological polar surface area (TPSA) is 86.7 Å². The molecule has 1 amide bonds. The summed E-state index contributed by atoms with van der Waals surface area (Å²) in [5.41, 5.74) is -0.0648. The number of halogens is 1. The third-order valence-corrected chi connectivity index (χ3v) is 7.13. The van der Waals surface area contributed by atoms with Crippen molar-refractivity contribution >= 4 is 33.2 Å². The van der Waals surface area contributed by atoms with Crippen LogP contribution >= 0.6 is 11.6 Å². The van der Waals surface area contributed by atoms with Gasteiger partial charge in [0.25, 0.3) is 15.9 Å². The molecule has 8 heteroatoms. The van der Waals surface area contributed by atoms with Gasteiger partial charge in [0.2, 0.25) is 0 Å². The number of allylic oxidation sites excluding steroid dienone is 4. The molecule has 1 heterocycles. The second-order valence-corrected chi connectivity index (χ2v) is 10.2. The predicted octanol–water partition coefficient (Wildman–Crippen LogP) is 3.85. The molecule has 2 aliphatic rings. The van der Waals surface area contributed by atoms with Gasteiger partial charge in [0, 0.05) is 16.3 Å². The first kappa shape index (κ1) is 21.6. The molecule has 31 heavy (non-hydrogen) atoms. The van der Waals surface area contributed by atoms with E-state index in [1.54, 1.807) is 29.2 Å². The van der Waals surface area contributed by atoms with E-state index in [1.165, 1.54) is 24.3 Å². The maximum Gasteiger partial charge on any atom is 0.261 e. The van der Waals surface area contributed by atoms with Crippen LogP contribution in [0.15, 0.2) is 77.7 Å². The van der Waals surface area contributed by atoms with Gasteiger partial charge >= 0.3 is 0 Å². The van der Waals surface area contributed by atoms with Crippen LogP contribution in [0.5, 0.6) is 0 Å². The molecule has 0 bridgehead atoms. The van der Waals surface area contributed by atoms with Gasteiger partial charge in [0.1, 0.15) is 5.60 Å². The lowest BCUT2D eigenvalue weighted by Gasteiger charge is -2.47. The Balaban J connectivity index is 1.35. The zero-order valence-electron chi connectivity index (χ0n) is 16.7. The summed E-state index contributed by atoms with van der Waals surface area (Å²) >= 11 is 5.81. The molecule has 6 nitrogen and oxygen atoms in total. The Kier molecular flexibility index (Phi) is 5.92. The molecule has 162 valence electrons. The van der Waals surface area contributed by atoms with Crippen LogP contribution in [0.1, 0.15) is 23.2 Å². The molecule has 0 saturated carbocycles. The highest BCUT2D eigenvalue weighted by atomic mass is 35.5. The molecule has 4 rings (SSSR count). The van der Waals surface area contributed by atoms with Crippen LogP contribution in [0.4, 0.5) is 5.69 Å². The van der Waals surface area contributed by atoms with E-state index < -0.39 is 15.6 Å². The molecule has 1 fully saturated rings. The first-order valence-corrected chi connectivity index (χ1v) is 11.8. The number of benzene rings is 2. The third-order valence-electron chi connectivity index (χ3n) is 5.48. The zero-order chi connectivity index (χ0) is 22.1. The van der Waals surface area contributed by atoms with Crippen molar-refractivity contribution in [3.05, 3.63) is 83.4 Å². The Labute approximate surface area is 186 Å². The molecule has 1 atom stereocenters. The average Bonchev–Trinajstić information content (AvgIpc) is 2.73. The van der Waals surface area contributed by atoms with Crippen LogP contribution in [0.25, 0.3) is 0 Å². The fourth-order valence-electron chi connectivity index (χ4n) is 3.90. The highest BCUT2D eigenvalue weighted by Crippen LogP contribution is 2.32. The van der Waals surface area contributed by atoms with Crippen molar-refractivity contribution in [1.29, 1.82) is 0 Å². The van der Waals surface area contributed by atoms with Crippen molar-refractivity contribution < 1.29 is 18.3 Å². The summed E-state index contributed by atoms with van der Waals surface area (Å²) in [5, 5.41) is 11.1. The molecule has 1 saturated heterocycles. The van der Waals surface area contributed by atoms with Gasteiger partial charge in [-0.2, -0.15) is 0 Å². The number of sulfonamides is 1. The number of rotatable bonds is 6. The van der Waals surface area contributed by atoms with E-state index in [0.717, 1.165) is 6.42 Å². The number of nitrogens with one attached hydrogen (secondary N) is 1. The molecule has 0 radical (unpaired) electrons. The smallest absolute Gasteiger partial charge is 0.261 e. The van der Waals surface area contributed by atoms with Crippen LogP contribution < -0.4 is 4.72 Å². The molecule has 1 aliphatic heterocycles. The first-order chi connectivity index (χ1) is 14.7. The molecule has 1 unspecified atom stereocenters. The Morgan fingerprint density at radius 1 is 1.10 bits per heavy atom. The average molecular weight is 459 g/mol. The van der Waals surface area contributed by atoms with Crippen molar-refractivity contribution in [3.8, 4) is 0 Å². The molecular formula is C23H23ClN2O4S. The SMILES string of the molecule is O=C(c1ccc(NS(=O)(=O)c2ccc(Cl)cc2)cc1)N1CC(O)(CC2C=CC=CC2)C1. The number of anilines is 1. The second-order valence-electron chi connectivity index (χ2n) is 8.04. The molecule has 2 aromatic carbocycles. The van der Waals surface area contributed by atoms with E-state index in [0.29, 0.717) is 41.7 Å². The summed E-state index contributed by atoms with van der Waals surface area (Å²) in [4.78, 5) is 14.4. The van der Waals surface area contributed by atoms with E-state index in [2.05, 4.69) is 16.9 Å². The lowest BCUT2D eigenvalue weighted by atomic mass is 9.81. The van der Waals surface area contributed by atoms with Gasteiger partial charge in [0.15, 0.2) is 0 Å². The van der Waals surface area contributed by atoms with E-state index in [1.807, 2.05) is 12.2 Å². The minimum absolute atomic E-state index is 0.0974. The number of hydrogen-bond acceptors (Lipinski definition) is 4. The normalized spacial score (nSPS) is 19.7. The standard InChI is InChI=1S/C23H23ClN2O4S/c24-19-8-12-21(13-9-19)31(29,30)25-20-10-6-18(7-11-20)22(27)26-15-23(28,16-26)14-17-4-2-1-3-5-17/h1-4,6-13,17,25,28H,5,14-16H2. The predicted molar refractivity (Wildman–Crippen MR) is 121 cm³/mol. The minimum Gasteiger partial charge on any atom is -0.386 e. The van der Waals surface area contributed by atoms with Crippen molar-refractivity contribution in [3.63, 3.8) is 0 Å². The second kappa shape index (κ2) is 8.49. The van der Waals surface area contributed by atoms with Gasteiger partial charge in [0.05, 0.1) is 18.0 Å². The summed E-state index contributed by atoms with van der Waals surface area (Å²) in [5.74, 6) is 0.107. The lowest BCUT2D eigenvalue weighted by Crippen LogP contribution is -2.64. The van der Waals surface area contributed by atoms with Crippen LogP contribution in [0.2, 0.25) is 5.02 Å².